The van der Waals surface area contributed by atoms with Gasteiger partial charge in [0.1, 0.15) is 11.6 Å². The SMILES string of the molecule is NC(=O)c1nc(Oc2ccc(NC(=S)NC(=O)Cc3ccc(F)cc3)cc2F)cc(C([C]=O)c2ccc(F)cc2)n1. The molecule has 1 heterocycles. The highest BCUT2D eigenvalue weighted by Crippen LogP contribution is 2.29. The van der Waals surface area contributed by atoms with E-state index in [1.807, 2.05) is 0 Å². The van der Waals surface area contributed by atoms with Gasteiger partial charge in [-0.1, -0.05) is 24.3 Å². The van der Waals surface area contributed by atoms with Crippen molar-refractivity contribution >= 4 is 41.1 Å². The van der Waals surface area contributed by atoms with Crippen LogP contribution in [0.25, 0.3) is 0 Å². The van der Waals surface area contributed by atoms with Crippen LogP contribution >= 0.6 is 12.2 Å². The lowest BCUT2D eigenvalue weighted by molar-refractivity contribution is -0.119. The van der Waals surface area contributed by atoms with Crippen molar-refractivity contribution in [3.63, 3.8) is 0 Å². The average molecular weight is 579 g/mol. The van der Waals surface area contributed by atoms with E-state index in [0.717, 1.165) is 18.2 Å². The molecule has 0 spiro atoms. The lowest BCUT2D eigenvalue weighted by Gasteiger charge is -2.14. The van der Waals surface area contributed by atoms with Gasteiger partial charge in [0, 0.05) is 17.8 Å². The number of hydrogen-bond donors (Lipinski definition) is 3. The summed E-state index contributed by atoms with van der Waals surface area (Å²) in [6.45, 7) is 0. The third-order valence-corrected chi connectivity index (χ3v) is 5.70. The summed E-state index contributed by atoms with van der Waals surface area (Å²) in [5.74, 6) is -5.57. The zero-order valence-corrected chi connectivity index (χ0v) is 21.7. The van der Waals surface area contributed by atoms with Crippen LogP contribution in [0.4, 0.5) is 18.9 Å². The fraction of sp³-hybridized carbons (Fsp3) is 0.0714. The van der Waals surface area contributed by atoms with Crippen molar-refractivity contribution in [2.45, 2.75) is 12.3 Å². The number of hydrogen-bond acceptors (Lipinski definition) is 7. The number of ether oxygens (including phenoxy) is 1. The van der Waals surface area contributed by atoms with Crippen LogP contribution in [0.3, 0.4) is 0 Å². The van der Waals surface area contributed by atoms with Gasteiger partial charge in [0.25, 0.3) is 5.91 Å². The van der Waals surface area contributed by atoms with Crippen molar-refractivity contribution in [1.29, 1.82) is 0 Å². The lowest BCUT2D eigenvalue weighted by Crippen LogP contribution is -2.35. The molecule has 0 saturated heterocycles. The van der Waals surface area contributed by atoms with Gasteiger partial charge in [0.05, 0.1) is 18.0 Å². The topological polar surface area (TPSA) is 136 Å². The first-order valence-corrected chi connectivity index (χ1v) is 12.2. The fourth-order valence-corrected chi connectivity index (χ4v) is 3.83. The number of primary amides is 1. The van der Waals surface area contributed by atoms with Gasteiger partial charge in [0.2, 0.25) is 23.9 Å². The molecule has 1 aromatic heterocycles. The van der Waals surface area contributed by atoms with Crippen molar-refractivity contribution in [2.75, 3.05) is 5.32 Å². The van der Waals surface area contributed by atoms with Crippen molar-refractivity contribution in [2.24, 2.45) is 5.73 Å². The highest BCUT2D eigenvalue weighted by Gasteiger charge is 2.21. The Hall–Kier alpha value is -5.17. The predicted molar refractivity (Wildman–Crippen MR) is 145 cm³/mol. The standard InChI is InChI=1S/C28H19F3N5O4S/c29-17-5-1-15(2-6-17)11-24(38)35-28(41)33-19-9-10-23(21(31)12-19)40-25-13-22(34-27(36-25)26(32)39)20(14-37)16-3-7-18(30)8-4-16/h1-10,12-13,20H,11H2,(H2,32,39)(H2,33,35,38,41). The lowest BCUT2D eigenvalue weighted by atomic mass is 9.97. The van der Waals surface area contributed by atoms with E-state index in [4.69, 9.17) is 22.7 Å². The molecule has 1 atom stereocenters. The maximum atomic E-state index is 14.9. The molecule has 2 amide bonds. The van der Waals surface area contributed by atoms with Gasteiger partial charge in [-0.25, -0.2) is 18.2 Å². The number of amides is 2. The molecule has 41 heavy (non-hydrogen) atoms. The number of carbonyl (C=O) groups excluding carboxylic acids is 3. The van der Waals surface area contributed by atoms with Crippen LogP contribution in [0, 0.1) is 17.5 Å². The third-order valence-electron chi connectivity index (χ3n) is 5.49. The summed E-state index contributed by atoms with van der Waals surface area (Å²) in [4.78, 5) is 43.6. The summed E-state index contributed by atoms with van der Waals surface area (Å²) in [5, 5.41) is 5.00. The molecule has 4 rings (SSSR count). The number of nitrogens with zero attached hydrogens (tertiary/aromatic N) is 2. The first-order valence-electron chi connectivity index (χ1n) is 11.8. The molecular formula is C28H19F3N5O4S. The van der Waals surface area contributed by atoms with E-state index in [2.05, 4.69) is 20.6 Å². The van der Waals surface area contributed by atoms with Crippen LogP contribution in [-0.2, 0) is 16.0 Å². The second-order valence-electron chi connectivity index (χ2n) is 8.47. The summed E-state index contributed by atoms with van der Waals surface area (Å²) in [6, 6.07) is 15.2. The van der Waals surface area contributed by atoms with E-state index in [0.29, 0.717) is 11.1 Å². The summed E-state index contributed by atoms with van der Waals surface area (Å²) < 4.78 is 46.8. The normalized spacial score (nSPS) is 11.3. The Balaban J connectivity index is 1.47. The van der Waals surface area contributed by atoms with Gasteiger partial charge in [-0.15, -0.1) is 0 Å². The molecular weight excluding hydrogens is 559 g/mol. The van der Waals surface area contributed by atoms with E-state index in [9.17, 15) is 27.6 Å². The van der Waals surface area contributed by atoms with Gasteiger partial charge in [-0.2, -0.15) is 4.98 Å². The van der Waals surface area contributed by atoms with Crippen LogP contribution < -0.4 is 21.1 Å². The van der Waals surface area contributed by atoms with Crippen LogP contribution in [0.5, 0.6) is 11.6 Å². The molecule has 0 fully saturated rings. The van der Waals surface area contributed by atoms with Gasteiger partial charge < -0.3 is 21.1 Å². The number of halogens is 3. The van der Waals surface area contributed by atoms with Crippen LogP contribution in [-0.4, -0.2) is 33.2 Å². The monoisotopic (exact) mass is 578 g/mol. The molecule has 4 N–H and O–H groups in total. The molecule has 9 nitrogen and oxygen atoms in total. The first kappa shape index (κ1) is 28.8. The number of carbonyl (C=O) groups is 2. The Morgan fingerprint density at radius 1 is 0.951 bits per heavy atom. The molecule has 0 bridgehead atoms. The van der Waals surface area contributed by atoms with Gasteiger partial charge in [0.15, 0.2) is 16.7 Å². The largest absolute Gasteiger partial charge is 0.436 e. The Morgan fingerprint density at radius 2 is 1.61 bits per heavy atom. The highest BCUT2D eigenvalue weighted by molar-refractivity contribution is 7.80. The Labute approximate surface area is 236 Å². The number of anilines is 1. The van der Waals surface area contributed by atoms with Gasteiger partial charge in [-0.3, -0.25) is 14.4 Å². The number of nitrogens with one attached hydrogen (secondary N) is 2. The second-order valence-corrected chi connectivity index (χ2v) is 8.88. The summed E-state index contributed by atoms with van der Waals surface area (Å²) in [5.41, 5.74) is 6.35. The van der Waals surface area contributed by atoms with E-state index >= 15 is 0 Å². The minimum absolute atomic E-state index is 0.0363. The molecule has 4 aromatic rings. The van der Waals surface area contributed by atoms with E-state index in [1.165, 1.54) is 54.6 Å². The number of thiocarbonyl (C=S) groups is 1. The van der Waals surface area contributed by atoms with E-state index in [1.54, 1.807) is 6.29 Å². The number of aromatic nitrogens is 2. The molecule has 0 saturated carbocycles. The Morgan fingerprint density at radius 3 is 2.22 bits per heavy atom. The minimum Gasteiger partial charge on any atom is -0.436 e. The molecule has 207 valence electrons. The molecule has 1 radical (unpaired) electrons. The summed E-state index contributed by atoms with van der Waals surface area (Å²) >= 11 is 5.10. The third kappa shape index (κ3) is 7.70. The van der Waals surface area contributed by atoms with Crippen molar-refractivity contribution < 1.29 is 32.3 Å². The highest BCUT2D eigenvalue weighted by atomic mass is 32.1. The van der Waals surface area contributed by atoms with Crippen LogP contribution in [0.1, 0.15) is 33.4 Å². The van der Waals surface area contributed by atoms with E-state index in [-0.39, 0.29) is 34.5 Å². The molecule has 13 heteroatoms. The van der Waals surface area contributed by atoms with Crippen LogP contribution in [0.2, 0.25) is 0 Å². The quantitative estimate of drug-likeness (QED) is 0.253. The smallest absolute Gasteiger partial charge is 0.286 e. The number of benzene rings is 3. The average Bonchev–Trinajstić information content (AvgIpc) is 2.93. The predicted octanol–water partition coefficient (Wildman–Crippen LogP) is 4.08. The maximum Gasteiger partial charge on any atom is 0.286 e. The Kier molecular flexibility index (Phi) is 8.99. The molecule has 0 aliphatic carbocycles. The second kappa shape index (κ2) is 12.8. The summed E-state index contributed by atoms with van der Waals surface area (Å²) in [6.07, 6.45) is 1.71. The zero-order valence-electron chi connectivity index (χ0n) is 20.9. The number of nitrogens with two attached hydrogens (primary N) is 1. The van der Waals surface area contributed by atoms with Gasteiger partial charge in [-0.05, 0) is 59.7 Å². The first-order chi connectivity index (χ1) is 19.6. The minimum atomic E-state index is -1.14. The van der Waals surface area contributed by atoms with Crippen molar-refractivity contribution in [1.82, 2.24) is 15.3 Å². The van der Waals surface area contributed by atoms with E-state index < -0.39 is 41.0 Å². The number of rotatable bonds is 9. The summed E-state index contributed by atoms with van der Waals surface area (Å²) in [7, 11) is 0. The molecule has 1 unspecified atom stereocenters. The van der Waals surface area contributed by atoms with Gasteiger partial charge >= 0.3 is 0 Å². The Bertz CT molecular complexity index is 1620. The maximum absolute atomic E-state index is 14.9. The molecule has 3 aromatic carbocycles. The fourth-order valence-electron chi connectivity index (χ4n) is 3.60. The van der Waals surface area contributed by atoms with Crippen molar-refractivity contribution in [3.8, 4) is 11.6 Å². The molecule has 0 aliphatic rings. The van der Waals surface area contributed by atoms with Crippen LogP contribution in [0.15, 0.2) is 72.8 Å². The molecule has 0 aliphatic heterocycles. The zero-order chi connectivity index (χ0) is 29.5. The van der Waals surface area contributed by atoms with Crippen molar-refractivity contribution in [3.05, 3.63) is 113 Å².